The average molecular weight is 650 g/mol. The highest BCUT2D eigenvalue weighted by Crippen LogP contribution is 2.41. The minimum Gasteiger partial charge on any atom is -0.493 e. The van der Waals surface area contributed by atoms with Crippen LogP contribution in [0.15, 0.2) is 74.9 Å². The summed E-state index contributed by atoms with van der Waals surface area (Å²) in [5.74, 6) is -0.919. The minimum atomic E-state index is -4.41. The maximum atomic E-state index is 13.0. The van der Waals surface area contributed by atoms with Crippen molar-refractivity contribution in [3.05, 3.63) is 101 Å². The van der Waals surface area contributed by atoms with Crippen LogP contribution in [-0.4, -0.2) is 41.4 Å². The lowest BCUT2D eigenvalue weighted by molar-refractivity contribution is -0.385. The molecule has 0 spiro atoms. The molecule has 1 fully saturated rings. The van der Waals surface area contributed by atoms with Crippen molar-refractivity contribution in [3.63, 3.8) is 0 Å². The molecule has 16 heteroatoms. The molecule has 0 N–H and O–H groups in total. The highest BCUT2D eigenvalue weighted by Gasteiger charge is 2.36. The van der Waals surface area contributed by atoms with Gasteiger partial charge in [-0.15, -0.1) is 0 Å². The topological polar surface area (TPSA) is 176 Å². The molecule has 2 amide bonds. The van der Waals surface area contributed by atoms with Gasteiger partial charge in [0.15, 0.2) is 11.5 Å². The first-order chi connectivity index (χ1) is 18.9. The second kappa shape index (κ2) is 11.4. The van der Waals surface area contributed by atoms with E-state index in [4.69, 9.17) is 8.92 Å². The van der Waals surface area contributed by atoms with Crippen LogP contribution < -0.4 is 8.92 Å². The number of nitrogens with zero attached hydrogens (tertiary/aromatic N) is 3. The van der Waals surface area contributed by atoms with Crippen molar-refractivity contribution in [2.24, 2.45) is 0 Å². The largest absolute Gasteiger partial charge is 0.493 e. The summed E-state index contributed by atoms with van der Waals surface area (Å²) in [5.41, 5.74) is 0.0168. The van der Waals surface area contributed by atoms with Crippen LogP contribution in [0.3, 0.4) is 0 Å². The Kier molecular flexibility index (Phi) is 8.22. The van der Waals surface area contributed by atoms with Gasteiger partial charge in [-0.3, -0.25) is 34.7 Å². The number of amides is 2. The van der Waals surface area contributed by atoms with Crippen molar-refractivity contribution in [1.82, 2.24) is 4.90 Å². The van der Waals surface area contributed by atoms with Gasteiger partial charge in [0.2, 0.25) is 0 Å². The van der Waals surface area contributed by atoms with Crippen LogP contribution in [0.25, 0.3) is 6.08 Å². The van der Waals surface area contributed by atoms with Crippen LogP contribution in [0.2, 0.25) is 0 Å². The number of benzene rings is 3. The van der Waals surface area contributed by atoms with Gasteiger partial charge in [-0.1, -0.05) is 18.2 Å². The normalized spacial score (nSPS) is 14.4. The zero-order chi connectivity index (χ0) is 29.2. The van der Waals surface area contributed by atoms with Gasteiger partial charge in [-0.05, 0) is 63.6 Å². The summed E-state index contributed by atoms with van der Waals surface area (Å²) < 4.78 is 36.2. The number of nitro groups is 2. The summed E-state index contributed by atoms with van der Waals surface area (Å²) in [5, 5.41) is 21.5. The van der Waals surface area contributed by atoms with Crippen molar-refractivity contribution >= 4 is 66.4 Å². The second-order valence-corrected chi connectivity index (χ2v) is 11.4. The number of thioether (sulfide) groups is 1. The van der Waals surface area contributed by atoms with E-state index in [0.717, 1.165) is 29.2 Å². The van der Waals surface area contributed by atoms with Crippen LogP contribution >= 0.6 is 27.7 Å². The molecular weight excluding hydrogens is 634 g/mol. The average Bonchev–Trinajstić information content (AvgIpc) is 3.17. The number of hydrogen-bond donors (Lipinski definition) is 0. The van der Waals surface area contributed by atoms with E-state index in [2.05, 4.69) is 15.9 Å². The first-order valence-corrected chi connectivity index (χ1v) is 14.0. The lowest BCUT2D eigenvalue weighted by atomic mass is 10.1. The first-order valence-electron chi connectivity index (χ1n) is 11.0. The van der Waals surface area contributed by atoms with Crippen LogP contribution in [0.1, 0.15) is 11.1 Å². The van der Waals surface area contributed by atoms with E-state index in [1.165, 1.54) is 43.5 Å². The quantitative estimate of drug-likeness (QED) is 0.127. The number of halogens is 1. The molecule has 0 radical (unpaired) electrons. The predicted molar refractivity (Wildman–Crippen MR) is 146 cm³/mol. The number of nitro benzene ring substituents is 2. The molecule has 3 aromatic carbocycles. The number of imide groups is 1. The van der Waals surface area contributed by atoms with Gasteiger partial charge in [0.05, 0.1) is 32.9 Å². The SMILES string of the molecule is COc1cc(/C=C2\SC(=O)N(Cc3ccccc3[N+](=O)[O-])C2=O)cc(Br)c1OS(=O)(=O)c1ccc([N+](=O)[O-])cc1. The maximum Gasteiger partial charge on any atom is 0.339 e. The van der Waals surface area contributed by atoms with E-state index in [0.29, 0.717) is 17.3 Å². The Bertz CT molecular complexity index is 1690. The number of non-ortho nitro benzene ring substituents is 1. The summed E-state index contributed by atoms with van der Waals surface area (Å²) in [4.78, 5) is 47.0. The Morgan fingerprint density at radius 3 is 2.33 bits per heavy atom. The van der Waals surface area contributed by atoms with Crippen molar-refractivity contribution in [3.8, 4) is 11.5 Å². The second-order valence-electron chi connectivity index (χ2n) is 7.98. The fraction of sp³-hybridized carbons (Fsp3) is 0.0833. The number of carbonyl (C=O) groups excluding carboxylic acids is 2. The monoisotopic (exact) mass is 649 g/mol. The van der Waals surface area contributed by atoms with Gasteiger partial charge in [0, 0.05) is 23.8 Å². The van der Waals surface area contributed by atoms with Gasteiger partial charge < -0.3 is 8.92 Å². The fourth-order valence-corrected chi connectivity index (χ4v) is 6.02. The summed E-state index contributed by atoms with van der Waals surface area (Å²) in [6.07, 6.45) is 1.38. The Morgan fingerprint density at radius 1 is 1.02 bits per heavy atom. The minimum absolute atomic E-state index is 0.0321. The predicted octanol–water partition coefficient (Wildman–Crippen LogP) is 5.28. The summed E-state index contributed by atoms with van der Waals surface area (Å²) in [6.45, 7) is -0.292. The highest BCUT2D eigenvalue weighted by atomic mass is 79.9. The lowest BCUT2D eigenvalue weighted by Crippen LogP contribution is -2.27. The van der Waals surface area contributed by atoms with Crippen LogP contribution in [0.5, 0.6) is 11.5 Å². The number of ether oxygens (including phenoxy) is 1. The summed E-state index contributed by atoms with van der Waals surface area (Å²) in [7, 11) is -3.15. The standard InChI is InChI=1S/C24H16BrN3O10S2/c1-37-20-11-14(10-18(25)22(20)38-40(35,36)17-8-6-16(7-9-17)27(31)32)12-21-23(29)26(24(30)39-21)13-15-4-2-3-5-19(15)28(33)34/h2-12H,13H2,1H3/b21-12-. The molecule has 0 atom stereocenters. The highest BCUT2D eigenvalue weighted by molar-refractivity contribution is 9.10. The maximum absolute atomic E-state index is 13.0. The molecule has 4 rings (SSSR count). The molecule has 13 nitrogen and oxygen atoms in total. The number of carbonyl (C=O) groups is 2. The van der Waals surface area contributed by atoms with Gasteiger partial charge >= 0.3 is 10.1 Å². The third-order valence-corrected chi connectivity index (χ3v) is 8.20. The van der Waals surface area contributed by atoms with Crippen LogP contribution in [0.4, 0.5) is 16.2 Å². The molecule has 3 aromatic rings. The molecule has 0 unspecified atom stereocenters. The molecule has 0 aliphatic carbocycles. The summed E-state index contributed by atoms with van der Waals surface area (Å²) in [6, 6.07) is 12.7. The molecule has 1 heterocycles. The van der Waals surface area contributed by atoms with Gasteiger partial charge in [0.25, 0.3) is 22.5 Å². The zero-order valence-corrected chi connectivity index (χ0v) is 23.4. The van der Waals surface area contributed by atoms with Gasteiger partial charge in [0.1, 0.15) is 4.90 Å². The van der Waals surface area contributed by atoms with Gasteiger partial charge in [-0.25, -0.2) is 0 Å². The third kappa shape index (κ3) is 5.98. The first kappa shape index (κ1) is 28.7. The number of rotatable bonds is 9. The van der Waals surface area contributed by atoms with Gasteiger partial charge in [-0.2, -0.15) is 8.42 Å². The number of hydrogen-bond acceptors (Lipinski definition) is 11. The smallest absolute Gasteiger partial charge is 0.339 e. The molecule has 0 saturated carbocycles. The van der Waals surface area contributed by atoms with Crippen molar-refractivity contribution in [2.45, 2.75) is 11.4 Å². The molecule has 1 aliphatic heterocycles. The summed E-state index contributed by atoms with van der Waals surface area (Å²) >= 11 is 3.87. The molecule has 206 valence electrons. The Balaban J connectivity index is 1.59. The fourth-order valence-electron chi connectivity index (χ4n) is 3.58. The van der Waals surface area contributed by atoms with E-state index < -0.39 is 31.1 Å². The van der Waals surface area contributed by atoms with Crippen LogP contribution in [0, 0.1) is 20.2 Å². The molecule has 40 heavy (non-hydrogen) atoms. The molecule has 1 saturated heterocycles. The van der Waals surface area contributed by atoms with E-state index >= 15 is 0 Å². The molecular formula is C24H16BrN3O10S2. The van der Waals surface area contributed by atoms with E-state index in [1.54, 1.807) is 6.07 Å². The van der Waals surface area contributed by atoms with Crippen molar-refractivity contribution in [2.75, 3.05) is 7.11 Å². The van der Waals surface area contributed by atoms with E-state index in [9.17, 15) is 38.2 Å². The van der Waals surface area contributed by atoms with Crippen LogP contribution in [-0.2, 0) is 21.5 Å². The van der Waals surface area contributed by atoms with Crippen molar-refractivity contribution in [1.29, 1.82) is 0 Å². The lowest BCUT2D eigenvalue weighted by Gasteiger charge is -2.14. The van der Waals surface area contributed by atoms with Crippen molar-refractivity contribution < 1.29 is 36.8 Å². The third-order valence-electron chi connectivity index (χ3n) is 5.47. The Hall–Kier alpha value is -4.28. The zero-order valence-electron chi connectivity index (χ0n) is 20.2. The molecule has 0 aromatic heterocycles. The molecule has 0 bridgehead atoms. The Morgan fingerprint density at radius 2 is 1.70 bits per heavy atom. The number of para-hydroxylation sites is 1. The molecule has 1 aliphatic rings. The number of methoxy groups -OCH3 is 1. The Labute approximate surface area is 238 Å². The van der Waals surface area contributed by atoms with E-state index in [-0.39, 0.29) is 49.3 Å². The van der Waals surface area contributed by atoms with E-state index in [1.807, 2.05) is 0 Å².